The van der Waals surface area contributed by atoms with E-state index in [1.54, 1.807) is 19.1 Å². The van der Waals surface area contributed by atoms with Crippen LogP contribution in [0.15, 0.2) is 36.9 Å². The van der Waals surface area contributed by atoms with Crippen molar-refractivity contribution < 1.29 is 12.8 Å². The standard InChI is InChI=1S/C11H11BrClNO3S2/c1-2-14(7-8-4-3-5-17-8)19(15,16)10-6-9(13)11(12)18-10/h3-6H,2,7H2,1H3. The Balaban J connectivity index is 2.30. The summed E-state index contributed by atoms with van der Waals surface area (Å²) in [6.07, 6.45) is 1.52. The van der Waals surface area contributed by atoms with E-state index in [-0.39, 0.29) is 10.8 Å². The Morgan fingerprint density at radius 1 is 1.53 bits per heavy atom. The molecule has 0 aliphatic heterocycles. The van der Waals surface area contributed by atoms with Crippen LogP contribution in [0, 0.1) is 0 Å². The molecule has 0 saturated carbocycles. The number of thiophene rings is 1. The third-order valence-corrected chi connectivity index (χ3v) is 7.33. The van der Waals surface area contributed by atoms with E-state index < -0.39 is 10.0 Å². The molecule has 19 heavy (non-hydrogen) atoms. The molecule has 0 bridgehead atoms. The van der Waals surface area contributed by atoms with Gasteiger partial charge in [-0.3, -0.25) is 0 Å². The molecule has 2 heterocycles. The second-order valence-corrected chi connectivity index (χ2v) is 8.64. The maximum atomic E-state index is 12.5. The summed E-state index contributed by atoms with van der Waals surface area (Å²) in [5.41, 5.74) is 0. The highest BCUT2D eigenvalue weighted by Crippen LogP contribution is 2.36. The van der Waals surface area contributed by atoms with E-state index in [1.165, 1.54) is 16.6 Å². The van der Waals surface area contributed by atoms with Gasteiger partial charge >= 0.3 is 0 Å². The Morgan fingerprint density at radius 3 is 2.74 bits per heavy atom. The molecule has 0 N–H and O–H groups in total. The van der Waals surface area contributed by atoms with Crippen molar-refractivity contribution in [2.45, 2.75) is 17.7 Å². The van der Waals surface area contributed by atoms with Crippen LogP contribution in [0.3, 0.4) is 0 Å². The predicted octanol–water partition coefficient (Wildman–Crippen LogP) is 3.97. The molecular weight excluding hydrogens is 374 g/mol. The van der Waals surface area contributed by atoms with Gasteiger partial charge in [0.2, 0.25) is 0 Å². The molecule has 0 amide bonds. The van der Waals surface area contributed by atoms with E-state index >= 15 is 0 Å². The predicted molar refractivity (Wildman–Crippen MR) is 79.0 cm³/mol. The Labute approximate surface area is 129 Å². The average molecular weight is 385 g/mol. The van der Waals surface area contributed by atoms with Gasteiger partial charge in [0, 0.05) is 6.54 Å². The lowest BCUT2D eigenvalue weighted by Gasteiger charge is -2.18. The third kappa shape index (κ3) is 3.22. The van der Waals surface area contributed by atoms with Crippen molar-refractivity contribution in [3.63, 3.8) is 0 Å². The van der Waals surface area contributed by atoms with Crippen LogP contribution in [0.1, 0.15) is 12.7 Å². The van der Waals surface area contributed by atoms with Gasteiger partial charge in [0.05, 0.1) is 21.6 Å². The molecule has 2 aromatic rings. The summed E-state index contributed by atoms with van der Waals surface area (Å²) in [4.78, 5) is 0. The highest BCUT2D eigenvalue weighted by molar-refractivity contribution is 9.11. The first kappa shape index (κ1) is 15.1. The maximum Gasteiger partial charge on any atom is 0.253 e. The molecule has 0 aromatic carbocycles. The van der Waals surface area contributed by atoms with Crippen LogP contribution in [-0.4, -0.2) is 19.3 Å². The summed E-state index contributed by atoms with van der Waals surface area (Å²) < 4.78 is 32.3. The van der Waals surface area contributed by atoms with Crippen LogP contribution < -0.4 is 0 Å². The maximum absolute atomic E-state index is 12.5. The van der Waals surface area contributed by atoms with Crippen molar-refractivity contribution >= 4 is 48.9 Å². The van der Waals surface area contributed by atoms with Crippen LogP contribution >= 0.6 is 38.9 Å². The highest BCUT2D eigenvalue weighted by Gasteiger charge is 2.26. The van der Waals surface area contributed by atoms with Crippen molar-refractivity contribution in [2.75, 3.05) is 6.54 Å². The van der Waals surface area contributed by atoms with Gasteiger partial charge in [0.25, 0.3) is 10.0 Å². The van der Waals surface area contributed by atoms with Gasteiger partial charge in [-0.2, -0.15) is 4.31 Å². The first-order valence-corrected chi connectivity index (χ1v) is 8.85. The van der Waals surface area contributed by atoms with Crippen molar-refractivity contribution in [1.29, 1.82) is 0 Å². The van der Waals surface area contributed by atoms with Crippen molar-refractivity contribution in [1.82, 2.24) is 4.31 Å². The molecule has 2 rings (SSSR count). The van der Waals surface area contributed by atoms with E-state index in [1.807, 2.05) is 0 Å². The Kier molecular flexibility index (Phi) is 4.73. The van der Waals surface area contributed by atoms with E-state index in [4.69, 9.17) is 16.0 Å². The molecular formula is C11H11BrClNO3S2. The number of hydrogen-bond donors (Lipinski definition) is 0. The van der Waals surface area contributed by atoms with Gasteiger partial charge in [-0.25, -0.2) is 8.42 Å². The zero-order valence-electron chi connectivity index (χ0n) is 9.97. The molecule has 0 aliphatic rings. The second-order valence-electron chi connectivity index (χ2n) is 3.70. The van der Waals surface area contributed by atoms with E-state index in [9.17, 15) is 8.42 Å². The largest absolute Gasteiger partial charge is 0.468 e. The zero-order chi connectivity index (χ0) is 14.0. The van der Waals surface area contributed by atoms with Crippen LogP contribution in [0.5, 0.6) is 0 Å². The molecule has 0 radical (unpaired) electrons. The van der Waals surface area contributed by atoms with Crippen molar-refractivity contribution in [2.24, 2.45) is 0 Å². The van der Waals surface area contributed by atoms with Gasteiger partial charge in [-0.1, -0.05) is 18.5 Å². The SMILES string of the molecule is CCN(Cc1ccco1)S(=O)(=O)c1cc(Cl)c(Br)s1. The molecule has 4 nitrogen and oxygen atoms in total. The summed E-state index contributed by atoms with van der Waals surface area (Å²) in [7, 11) is -3.55. The highest BCUT2D eigenvalue weighted by atomic mass is 79.9. The quantitative estimate of drug-likeness (QED) is 0.784. The minimum atomic E-state index is -3.55. The molecule has 8 heteroatoms. The Bertz CT molecular complexity index is 632. The van der Waals surface area contributed by atoms with Crippen molar-refractivity contribution in [3.05, 3.63) is 39.0 Å². The van der Waals surface area contributed by atoms with Gasteiger partial charge in [0.1, 0.15) is 9.97 Å². The molecule has 2 aromatic heterocycles. The van der Waals surface area contributed by atoms with Gasteiger partial charge in [0.15, 0.2) is 0 Å². The van der Waals surface area contributed by atoms with Gasteiger partial charge in [-0.15, -0.1) is 11.3 Å². The number of halogens is 2. The fourth-order valence-electron chi connectivity index (χ4n) is 1.52. The number of rotatable bonds is 5. The number of hydrogen-bond acceptors (Lipinski definition) is 4. The van der Waals surface area contributed by atoms with E-state index in [0.29, 0.717) is 21.1 Å². The third-order valence-electron chi connectivity index (χ3n) is 2.48. The summed E-state index contributed by atoms with van der Waals surface area (Å²) >= 11 is 10.2. The second kappa shape index (κ2) is 5.97. The molecule has 0 fully saturated rings. The van der Waals surface area contributed by atoms with Crippen LogP contribution in [0.2, 0.25) is 5.02 Å². The topological polar surface area (TPSA) is 50.5 Å². The van der Waals surface area contributed by atoms with Gasteiger partial charge in [-0.05, 0) is 34.1 Å². The fraction of sp³-hybridized carbons (Fsp3) is 0.273. The average Bonchev–Trinajstić information content (AvgIpc) is 2.97. The van der Waals surface area contributed by atoms with Crippen molar-refractivity contribution in [3.8, 4) is 0 Å². The minimum Gasteiger partial charge on any atom is -0.468 e. The van der Waals surface area contributed by atoms with Crippen LogP contribution in [-0.2, 0) is 16.6 Å². The molecule has 0 spiro atoms. The summed E-state index contributed by atoms with van der Waals surface area (Å²) in [5.74, 6) is 0.604. The summed E-state index contributed by atoms with van der Waals surface area (Å²) in [6, 6.07) is 4.93. The smallest absolute Gasteiger partial charge is 0.253 e. The molecule has 0 aliphatic carbocycles. The summed E-state index contributed by atoms with van der Waals surface area (Å²) in [5, 5.41) is 0.401. The monoisotopic (exact) mass is 383 g/mol. The lowest BCUT2D eigenvalue weighted by molar-refractivity contribution is 0.376. The fourth-order valence-corrected chi connectivity index (χ4v) is 5.49. The number of nitrogens with zero attached hydrogens (tertiary/aromatic N) is 1. The Morgan fingerprint density at radius 2 is 2.26 bits per heavy atom. The van der Waals surface area contributed by atoms with E-state index in [0.717, 1.165) is 11.3 Å². The number of furan rings is 1. The zero-order valence-corrected chi connectivity index (χ0v) is 13.9. The molecule has 0 saturated heterocycles. The van der Waals surface area contributed by atoms with Crippen LogP contribution in [0.25, 0.3) is 0 Å². The molecule has 104 valence electrons. The first-order chi connectivity index (χ1) is 8.95. The number of sulfonamides is 1. The van der Waals surface area contributed by atoms with Crippen LogP contribution in [0.4, 0.5) is 0 Å². The first-order valence-electron chi connectivity index (χ1n) is 5.42. The molecule has 0 unspecified atom stereocenters. The van der Waals surface area contributed by atoms with E-state index in [2.05, 4.69) is 15.9 Å². The lowest BCUT2D eigenvalue weighted by Crippen LogP contribution is -2.29. The molecule has 0 atom stereocenters. The Hall–Kier alpha value is -0.340. The normalized spacial score (nSPS) is 12.2. The van der Waals surface area contributed by atoms with Gasteiger partial charge < -0.3 is 4.42 Å². The lowest BCUT2D eigenvalue weighted by atomic mass is 10.4. The summed E-state index contributed by atoms with van der Waals surface area (Å²) in [6.45, 7) is 2.35. The minimum absolute atomic E-state index is 0.207.